The van der Waals surface area contributed by atoms with Crippen LogP contribution in [0.2, 0.25) is 5.02 Å². The van der Waals surface area contributed by atoms with Gasteiger partial charge in [-0.1, -0.05) is 11.6 Å². The number of rotatable bonds is 3. The second-order valence-corrected chi connectivity index (χ2v) is 9.08. The van der Waals surface area contributed by atoms with Crippen LogP contribution in [0.4, 0.5) is 43.9 Å². The molecule has 0 aliphatic carbocycles. The minimum atomic E-state index is -5.22. The molecule has 0 saturated carbocycles. The number of anilines is 3. The maximum absolute atomic E-state index is 14.0. The van der Waals surface area contributed by atoms with Gasteiger partial charge in [-0.2, -0.15) is 13.2 Å². The van der Waals surface area contributed by atoms with Crippen molar-refractivity contribution in [1.82, 2.24) is 10.3 Å². The van der Waals surface area contributed by atoms with Crippen LogP contribution in [-0.4, -0.2) is 41.8 Å². The number of carbonyl (C=O) groups excluding carboxylic acids is 2. The number of urea groups is 1. The predicted molar refractivity (Wildman–Crippen MR) is 127 cm³/mol. The summed E-state index contributed by atoms with van der Waals surface area (Å²) < 4.78 is 69.3. The zero-order valence-electron chi connectivity index (χ0n) is 19.3. The SMILES string of the molecule is CNc1cc(NC(=O)N2C[C@@](O)(C(F)(F)F)c3cc(F)ccc32)c2c(n1)C(=O)N[C@H]2c1cc(F)ccc1Cl. The zero-order valence-corrected chi connectivity index (χ0v) is 20.0. The van der Waals surface area contributed by atoms with Crippen LogP contribution in [0, 0.1) is 11.6 Å². The molecule has 2 atom stereocenters. The second kappa shape index (κ2) is 8.81. The summed E-state index contributed by atoms with van der Waals surface area (Å²) in [5.74, 6) is -2.20. The third-order valence-electron chi connectivity index (χ3n) is 6.40. The molecule has 38 heavy (non-hydrogen) atoms. The Morgan fingerprint density at radius 3 is 2.55 bits per heavy atom. The molecule has 3 aromatic rings. The van der Waals surface area contributed by atoms with E-state index in [4.69, 9.17) is 11.6 Å². The molecule has 3 amide bonds. The number of aromatic nitrogens is 1. The van der Waals surface area contributed by atoms with Gasteiger partial charge >= 0.3 is 12.2 Å². The average Bonchev–Trinajstić information content (AvgIpc) is 3.35. The summed E-state index contributed by atoms with van der Waals surface area (Å²) in [5, 5.41) is 18.4. The molecule has 0 fully saturated rings. The van der Waals surface area contributed by atoms with E-state index in [1.165, 1.54) is 19.2 Å². The Morgan fingerprint density at radius 2 is 1.87 bits per heavy atom. The van der Waals surface area contributed by atoms with Crippen LogP contribution in [0.1, 0.15) is 33.2 Å². The van der Waals surface area contributed by atoms with Gasteiger partial charge in [0.25, 0.3) is 5.91 Å². The molecule has 2 aliphatic heterocycles. The Morgan fingerprint density at radius 1 is 1.18 bits per heavy atom. The molecule has 0 bridgehead atoms. The number of β-amino-alcohol motifs (C(OH)–C–C–N with tert-alkyl or cyclic N) is 1. The van der Waals surface area contributed by atoms with Crippen molar-refractivity contribution in [3.63, 3.8) is 0 Å². The molecular weight excluding hydrogens is 537 g/mol. The van der Waals surface area contributed by atoms with Gasteiger partial charge in [-0.05, 0) is 36.4 Å². The normalized spacial score (nSPS) is 20.2. The van der Waals surface area contributed by atoms with Gasteiger partial charge in [0.15, 0.2) is 0 Å². The monoisotopic (exact) mass is 553 g/mol. The maximum Gasteiger partial charge on any atom is 0.423 e. The number of pyridine rings is 1. The minimum Gasteiger partial charge on any atom is -0.375 e. The van der Waals surface area contributed by atoms with Gasteiger partial charge in [0.05, 0.1) is 24.0 Å². The lowest BCUT2D eigenvalue weighted by atomic mass is 9.95. The maximum atomic E-state index is 14.0. The lowest BCUT2D eigenvalue weighted by Gasteiger charge is -2.27. The Balaban J connectivity index is 1.59. The fraction of sp³-hybridized carbons (Fsp3) is 0.208. The number of halogens is 6. The topological polar surface area (TPSA) is 107 Å². The van der Waals surface area contributed by atoms with Gasteiger partial charge in [0.2, 0.25) is 5.60 Å². The van der Waals surface area contributed by atoms with E-state index >= 15 is 0 Å². The van der Waals surface area contributed by atoms with Gasteiger partial charge in [0.1, 0.15) is 23.1 Å². The zero-order chi connectivity index (χ0) is 27.6. The molecule has 2 aliphatic rings. The molecule has 5 rings (SSSR count). The third-order valence-corrected chi connectivity index (χ3v) is 6.74. The fourth-order valence-corrected chi connectivity index (χ4v) is 4.80. The highest BCUT2D eigenvalue weighted by Gasteiger charge is 2.61. The number of alkyl halides is 3. The number of hydrogen-bond donors (Lipinski definition) is 4. The van der Waals surface area contributed by atoms with E-state index < -0.39 is 53.5 Å². The van der Waals surface area contributed by atoms with Crippen molar-refractivity contribution in [2.75, 3.05) is 29.1 Å². The van der Waals surface area contributed by atoms with Crippen molar-refractivity contribution in [2.24, 2.45) is 0 Å². The highest BCUT2D eigenvalue weighted by atomic mass is 35.5. The van der Waals surface area contributed by atoms with Crippen LogP contribution in [-0.2, 0) is 5.60 Å². The average molecular weight is 554 g/mol. The minimum absolute atomic E-state index is 0.0425. The molecule has 198 valence electrons. The molecule has 0 radical (unpaired) electrons. The molecule has 0 spiro atoms. The summed E-state index contributed by atoms with van der Waals surface area (Å²) in [5.41, 5.74) is -4.62. The first-order chi connectivity index (χ1) is 17.8. The first-order valence-corrected chi connectivity index (χ1v) is 11.4. The molecule has 2 aromatic carbocycles. The van der Waals surface area contributed by atoms with Gasteiger partial charge in [-0.25, -0.2) is 18.6 Å². The van der Waals surface area contributed by atoms with Crippen LogP contribution in [0.3, 0.4) is 0 Å². The Bertz CT molecular complexity index is 1500. The number of hydrogen-bond acceptors (Lipinski definition) is 5. The summed E-state index contributed by atoms with van der Waals surface area (Å²) in [7, 11) is 1.49. The standard InChI is InChI=1S/C24H17ClF5N5O3/c1-31-17-8-15(18-19(34-21(36)20(18)33-17)12-6-10(26)2-4-14(12)25)32-22(37)35-9-23(38,24(28,29)30)13-7-11(27)3-5-16(13)35/h2-8,19,38H,9H2,1H3,(H,34,36)(H2,31,32,33,37)/t19-,23-/m0/s1. The number of nitrogens with one attached hydrogen (secondary N) is 3. The van der Waals surface area contributed by atoms with E-state index in [1.807, 2.05) is 0 Å². The molecule has 14 heteroatoms. The van der Waals surface area contributed by atoms with E-state index in [-0.39, 0.29) is 39.0 Å². The highest BCUT2D eigenvalue weighted by Crippen LogP contribution is 2.49. The van der Waals surface area contributed by atoms with Crippen molar-refractivity contribution in [1.29, 1.82) is 0 Å². The fourth-order valence-electron chi connectivity index (χ4n) is 4.57. The van der Waals surface area contributed by atoms with Crippen molar-refractivity contribution in [3.05, 3.63) is 81.5 Å². The largest absolute Gasteiger partial charge is 0.423 e. The molecule has 0 saturated heterocycles. The summed E-state index contributed by atoms with van der Waals surface area (Å²) >= 11 is 6.24. The van der Waals surface area contributed by atoms with Crippen molar-refractivity contribution in [3.8, 4) is 0 Å². The predicted octanol–water partition coefficient (Wildman–Crippen LogP) is 4.69. The Labute approximate surface area is 216 Å². The van der Waals surface area contributed by atoms with Crippen LogP contribution in [0.15, 0.2) is 42.5 Å². The number of carbonyl (C=O) groups is 2. The van der Waals surface area contributed by atoms with Crippen LogP contribution in [0.25, 0.3) is 0 Å². The summed E-state index contributed by atoms with van der Waals surface area (Å²) in [6.45, 7) is -1.25. The molecule has 0 unspecified atom stereocenters. The van der Waals surface area contributed by atoms with Crippen molar-refractivity contribution < 1.29 is 36.6 Å². The Kier molecular flexibility index (Phi) is 5.95. The first-order valence-electron chi connectivity index (χ1n) is 11.0. The van der Waals surface area contributed by atoms with E-state index in [9.17, 15) is 36.6 Å². The van der Waals surface area contributed by atoms with E-state index in [0.717, 1.165) is 24.3 Å². The quantitative estimate of drug-likeness (QED) is 0.352. The van der Waals surface area contributed by atoms with Crippen LogP contribution < -0.4 is 20.9 Å². The van der Waals surface area contributed by atoms with Crippen LogP contribution >= 0.6 is 11.6 Å². The smallest absolute Gasteiger partial charge is 0.375 e. The summed E-state index contributed by atoms with van der Waals surface area (Å²) in [6, 6.07) is 4.97. The molecular formula is C24H17ClF5N5O3. The van der Waals surface area contributed by atoms with Gasteiger partial charge in [-0.3, -0.25) is 9.69 Å². The number of aliphatic hydroxyl groups is 1. The van der Waals surface area contributed by atoms with E-state index in [2.05, 4.69) is 20.9 Å². The van der Waals surface area contributed by atoms with E-state index in [1.54, 1.807) is 0 Å². The van der Waals surface area contributed by atoms with Gasteiger partial charge in [0, 0.05) is 34.8 Å². The number of nitrogens with zero attached hydrogens (tertiary/aromatic N) is 2. The number of benzene rings is 2. The van der Waals surface area contributed by atoms with Crippen molar-refractivity contribution >= 4 is 40.7 Å². The third kappa shape index (κ3) is 3.98. The van der Waals surface area contributed by atoms with E-state index in [0.29, 0.717) is 11.0 Å². The Hall–Kier alpha value is -3.97. The number of amides is 3. The lowest BCUT2D eigenvalue weighted by Crippen LogP contribution is -2.48. The molecule has 4 N–H and O–H groups in total. The highest BCUT2D eigenvalue weighted by molar-refractivity contribution is 6.31. The van der Waals surface area contributed by atoms with Crippen LogP contribution in [0.5, 0.6) is 0 Å². The van der Waals surface area contributed by atoms with Gasteiger partial charge < -0.3 is 21.1 Å². The molecule has 1 aromatic heterocycles. The number of fused-ring (bicyclic) bond motifs is 2. The van der Waals surface area contributed by atoms with Gasteiger partial charge in [-0.15, -0.1) is 0 Å². The molecule has 3 heterocycles. The molecule has 8 nitrogen and oxygen atoms in total. The summed E-state index contributed by atoms with van der Waals surface area (Å²) in [6.07, 6.45) is -5.22. The summed E-state index contributed by atoms with van der Waals surface area (Å²) in [4.78, 5) is 30.9. The second-order valence-electron chi connectivity index (χ2n) is 8.68. The first kappa shape index (κ1) is 25.7. The lowest BCUT2D eigenvalue weighted by molar-refractivity contribution is -0.258. The van der Waals surface area contributed by atoms with Crippen molar-refractivity contribution in [2.45, 2.75) is 17.8 Å².